The standard InChI is InChI=1S/C14H21NO4S/c1-14(2)10-15(8-12(9-16)19-14)11-4-6-13(7-5-11)20(3,17)18/h4-7,12,16H,8-10H2,1-3H3. The second-order valence-corrected chi connectivity index (χ2v) is 7.84. The summed E-state index contributed by atoms with van der Waals surface area (Å²) in [7, 11) is -3.17. The van der Waals surface area contributed by atoms with Gasteiger partial charge in [-0.2, -0.15) is 0 Å². The summed E-state index contributed by atoms with van der Waals surface area (Å²) in [4.78, 5) is 2.42. The summed E-state index contributed by atoms with van der Waals surface area (Å²) >= 11 is 0. The van der Waals surface area contributed by atoms with Gasteiger partial charge in [0, 0.05) is 25.0 Å². The highest BCUT2D eigenvalue weighted by Crippen LogP contribution is 2.26. The lowest BCUT2D eigenvalue weighted by molar-refractivity contribution is -0.101. The highest BCUT2D eigenvalue weighted by atomic mass is 32.2. The van der Waals surface area contributed by atoms with Crippen LogP contribution in [0.15, 0.2) is 29.2 Å². The number of hydrogen-bond donors (Lipinski definition) is 1. The molecule has 1 aromatic carbocycles. The molecule has 6 heteroatoms. The first kappa shape index (κ1) is 15.3. The Morgan fingerprint density at radius 1 is 1.35 bits per heavy atom. The summed E-state index contributed by atoms with van der Waals surface area (Å²) in [6, 6.07) is 6.82. The fourth-order valence-corrected chi connectivity index (χ4v) is 3.12. The van der Waals surface area contributed by atoms with Gasteiger partial charge in [-0.05, 0) is 38.1 Å². The zero-order chi connectivity index (χ0) is 15.0. The molecule has 0 radical (unpaired) electrons. The summed E-state index contributed by atoms with van der Waals surface area (Å²) in [5, 5.41) is 9.31. The van der Waals surface area contributed by atoms with Gasteiger partial charge in [0.15, 0.2) is 9.84 Å². The Hall–Kier alpha value is -1.11. The molecule has 1 N–H and O–H groups in total. The van der Waals surface area contributed by atoms with E-state index in [0.29, 0.717) is 18.0 Å². The van der Waals surface area contributed by atoms with Gasteiger partial charge < -0.3 is 14.7 Å². The zero-order valence-electron chi connectivity index (χ0n) is 12.0. The minimum atomic E-state index is -3.17. The second kappa shape index (κ2) is 5.35. The van der Waals surface area contributed by atoms with Crippen LogP contribution in [0.3, 0.4) is 0 Å². The third kappa shape index (κ3) is 3.50. The molecule has 1 aliphatic heterocycles. The van der Waals surface area contributed by atoms with E-state index in [9.17, 15) is 13.5 Å². The molecule has 0 saturated carbocycles. The zero-order valence-corrected chi connectivity index (χ0v) is 12.9. The second-order valence-electron chi connectivity index (χ2n) is 5.83. The molecule has 5 nitrogen and oxygen atoms in total. The van der Waals surface area contributed by atoms with E-state index in [1.54, 1.807) is 24.3 Å². The van der Waals surface area contributed by atoms with Gasteiger partial charge >= 0.3 is 0 Å². The van der Waals surface area contributed by atoms with Crippen molar-refractivity contribution < 1.29 is 18.3 Å². The number of ether oxygens (including phenoxy) is 1. The molecular weight excluding hydrogens is 278 g/mol. The van der Waals surface area contributed by atoms with Gasteiger partial charge in [0.05, 0.1) is 23.2 Å². The Morgan fingerprint density at radius 2 is 1.95 bits per heavy atom. The molecule has 0 aliphatic carbocycles. The first-order valence-electron chi connectivity index (χ1n) is 6.55. The molecule has 0 spiro atoms. The maximum atomic E-state index is 11.5. The van der Waals surface area contributed by atoms with Crippen molar-refractivity contribution in [2.45, 2.75) is 30.4 Å². The van der Waals surface area contributed by atoms with Crippen LogP contribution < -0.4 is 4.90 Å². The molecule has 1 aromatic rings. The molecular formula is C14H21NO4S. The van der Waals surface area contributed by atoms with E-state index in [2.05, 4.69) is 4.90 Å². The highest BCUT2D eigenvalue weighted by molar-refractivity contribution is 7.90. The quantitative estimate of drug-likeness (QED) is 0.904. The third-order valence-electron chi connectivity index (χ3n) is 3.32. The van der Waals surface area contributed by atoms with E-state index in [1.165, 1.54) is 6.26 Å². The summed E-state index contributed by atoms with van der Waals surface area (Å²) in [5.74, 6) is 0. The molecule has 1 heterocycles. The lowest BCUT2D eigenvalue weighted by Crippen LogP contribution is -2.54. The van der Waals surface area contributed by atoms with Crippen molar-refractivity contribution in [2.75, 3.05) is 30.9 Å². The Kier molecular flexibility index (Phi) is 4.09. The minimum Gasteiger partial charge on any atom is -0.394 e. The largest absolute Gasteiger partial charge is 0.394 e. The molecule has 1 atom stereocenters. The van der Waals surface area contributed by atoms with Gasteiger partial charge in [-0.25, -0.2) is 8.42 Å². The molecule has 2 rings (SSSR count). The number of benzene rings is 1. The summed E-state index contributed by atoms with van der Waals surface area (Å²) in [6.07, 6.45) is 0.968. The van der Waals surface area contributed by atoms with Crippen molar-refractivity contribution in [3.63, 3.8) is 0 Å². The molecule has 112 valence electrons. The van der Waals surface area contributed by atoms with Gasteiger partial charge in [0.2, 0.25) is 0 Å². The number of morpholine rings is 1. The first-order chi connectivity index (χ1) is 9.21. The number of sulfone groups is 1. The minimum absolute atomic E-state index is 0.0264. The van der Waals surface area contributed by atoms with E-state index in [1.807, 2.05) is 13.8 Å². The van der Waals surface area contributed by atoms with Crippen LogP contribution in [0.4, 0.5) is 5.69 Å². The molecule has 20 heavy (non-hydrogen) atoms. The Morgan fingerprint density at radius 3 is 2.45 bits per heavy atom. The number of nitrogens with zero attached hydrogens (tertiary/aromatic N) is 1. The van der Waals surface area contributed by atoms with E-state index in [-0.39, 0.29) is 18.3 Å². The van der Waals surface area contributed by atoms with E-state index in [0.717, 1.165) is 5.69 Å². The number of rotatable bonds is 3. The maximum absolute atomic E-state index is 11.5. The summed E-state index contributed by atoms with van der Waals surface area (Å²) in [6.45, 7) is 5.22. The molecule has 1 fully saturated rings. The van der Waals surface area contributed by atoms with E-state index in [4.69, 9.17) is 4.74 Å². The van der Waals surface area contributed by atoms with Crippen LogP contribution in [0.2, 0.25) is 0 Å². The molecule has 1 saturated heterocycles. The SMILES string of the molecule is CC1(C)CN(c2ccc(S(C)(=O)=O)cc2)CC(CO)O1. The van der Waals surface area contributed by atoms with E-state index < -0.39 is 9.84 Å². The van der Waals surface area contributed by atoms with Crippen molar-refractivity contribution in [2.24, 2.45) is 0 Å². The molecule has 0 bridgehead atoms. The first-order valence-corrected chi connectivity index (χ1v) is 8.44. The maximum Gasteiger partial charge on any atom is 0.175 e. The van der Waals surface area contributed by atoms with Crippen LogP contribution in [0.5, 0.6) is 0 Å². The normalized spacial score (nSPS) is 22.8. The summed E-state index contributed by atoms with van der Waals surface area (Å²) < 4.78 is 28.7. The lowest BCUT2D eigenvalue weighted by atomic mass is 10.0. The Bertz CT molecular complexity index is 565. The van der Waals surface area contributed by atoms with E-state index >= 15 is 0 Å². The monoisotopic (exact) mass is 299 g/mol. The van der Waals surface area contributed by atoms with Crippen LogP contribution >= 0.6 is 0 Å². The third-order valence-corrected chi connectivity index (χ3v) is 4.44. The van der Waals surface area contributed by atoms with Crippen LogP contribution in [0.25, 0.3) is 0 Å². The van der Waals surface area contributed by atoms with Crippen LogP contribution in [0.1, 0.15) is 13.8 Å². The summed E-state index contributed by atoms with van der Waals surface area (Å²) in [5.41, 5.74) is 0.591. The van der Waals surface area contributed by atoms with Crippen molar-refractivity contribution >= 4 is 15.5 Å². The fraction of sp³-hybridized carbons (Fsp3) is 0.571. The average molecular weight is 299 g/mol. The predicted molar refractivity (Wildman–Crippen MR) is 77.8 cm³/mol. The smallest absolute Gasteiger partial charge is 0.175 e. The predicted octanol–water partition coefficient (Wildman–Crippen LogP) is 1.07. The number of aliphatic hydroxyl groups excluding tert-OH is 1. The van der Waals surface area contributed by atoms with Crippen molar-refractivity contribution in [1.29, 1.82) is 0 Å². The van der Waals surface area contributed by atoms with Crippen molar-refractivity contribution in [1.82, 2.24) is 0 Å². The number of anilines is 1. The molecule has 1 unspecified atom stereocenters. The van der Waals surface area contributed by atoms with Crippen LogP contribution in [-0.2, 0) is 14.6 Å². The van der Waals surface area contributed by atoms with Gasteiger partial charge in [0.25, 0.3) is 0 Å². The van der Waals surface area contributed by atoms with Crippen molar-refractivity contribution in [3.8, 4) is 0 Å². The van der Waals surface area contributed by atoms with Gasteiger partial charge in [-0.3, -0.25) is 0 Å². The molecule has 0 amide bonds. The molecule has 1 aliphatic rings. The number of hydrogen-bond acceptors (Lipinski definition) is 5. The van der Waals surface area contributed by atoms with Crippen molar-refractivity contribution in [3.05, 3.63) is 24.3 Å². The van der Waals surface area contributed by atoms with Crippen LogP contribution in [-0.4, -0.2) is 51.2 Å². The Labute approximate surface area is 120 Å². The highest BCUT2D eigenvalue weighted by Gasteiger charge is 2.33. The van der Waals surface area contributed by atoms with Gasteiger partial charge in [-0.15, -0.1) is 0 Å². The van der Waals surface area contributed by atoms with Crippen LogP contribution in [0, 0.1) is 0 Å². The van der Waals surface area contributed by atoms with Gasteiger partial charge in [-0.1, -0.05) is 0 Å². The topological polar surface area (TPSA) is 66.8 Å². The number of aliphatic hydroxyl groups is 1. The lowest BCUT2D eigenvalue weighted by Gasteiger charge is -2.43. The fourth-order valence-electron chi connectivity index (χ4n) is 2.49. The molecule has 0 aromatic heterocycles. The van der Waals surface area contributed by atoms with Gasteiger partial charge in [0.1, 0.15) is 0 Å². The average Bonchev–Trinajstić information content (AvgIpc) is 2.36. The Balaban J connectivity index is 2.22.